The highest BCUT2D eigenvalue weighted by Crippen LogP contribution is 2.28. The van der Waals surface area contributed by atoms with Crippen molar-refractivity contribution in [3.8, 4) is 17.9 Å². The van der Waals surface area contributed by atoms with Crippen LogP contribution in [0.4, 0.5) is 18.9 Å². The summed E-state index contributed by atoms with van der Waals surface area (Å²) in [6.07, 6.45) is 2.33. The lowest BCUT2D eigenvalue weighted by Crippen LogP contribution is -2.36. The summed E-state index contributed by atoms with van der Waals surface area (Å²) in [6, 6.07) is 13.1. The van der Waals surface area contributed by atoms with Gasteiger partial charge in [0.15, 0.2) is 0 Å². The second-order valence-electron chi connectivity index (χ2n) is 11.9. The van der Waals surface area contributed by atoms with Crippen molar-refractivity contribution < 1.29 is 21.6 Å². The third-order valence-electron chi connectivity index (χ3n) is 7.91. The summed E-state index contributed by atoms with van der Waals surface area (Å²) in [5.74, 6) is 6.57. The van der Waals surface area contributed by atoms with Gasteiger partial charge in [0.25, 0.3) is 0 Å². The Hall–Kier alpha value is -3.54. The standard InChI is InChI=1S/C32H38F3N5O2S/c1-31(2,22-36)30-11-9-27(21-38-30)37-14-4-5-28-20-26-19-25(8-10-29(26)40(28)23-32(33,34)35)7-6-24-12-15-39(16-13-24)17-18-43(3,41)42/h8-11,19-21,24,37H,6-7,12-18,23H2,1-3H3. The third kappa shape index (κ3) is 9.47. The topological polar surface area (TPSA) is 91.0 Å². The van der Waals surface area contributed by atoms with Crippen LogP contribution in [0, 0.1) is 29.1 Å². The molecule has 3 heterocycles. The van der Waals surface area contributed by atoms with Crippen molar-refractivity contribution in [3.05, 3.63) is 59.5 Å². The molecule has 0 aliphatic carbocycles. The predicted molar refractivity (Wildman–Crippen MR) is 163 cm³/mol. The molecule has 3 aromatic rings. The fourth-order valence-corrected chi connectivity index (χ4v) is 5.89. The van der Waals surface area contributed by atoms with Crippen LogP contribution in [0.25, 0.3) is 10.9 Å². The highest BCUT2D eigenvalue weighted by Gasteiger charge is 2.30. The Kier molecular flexibility index (Phi) is 10.1. The van der Waals surface area contributed by atoms with E-state index in [1.807, 2.05) is 12.1 Å². The number of sulfone groups is 1. The molecule has 1 N–H and O–H groups in total. The van der Waals surface area contributed by atoms with Crippen LogP contribution in [0.2, 0.25) is 0 Å². The molecule has 0 amide bonds. The van der Waals surface area contributed by atoms with Crippen molar-refractivity contribution in [1.82, 2.24) is 14.5 Å². The Morgan fingerprint density at radius 1 is 1.12 bits per heavy atom. The molecule has 0 unspecified atom stereocenters. The van der Waals surface area contributed by atoms with E-state index in [-0.39, 0.29) is 12.3 Å². The molecule has 0 atom stereocenters. The van der Waals surface area contributed by atoms with Gasteiger partial charge in [0, 0.05) is 23.7 Å². The lowest BCUT2D eigenvalue weighted by atomic mass is 9.90. The number of piperidine rings is 1. The van der Waals surface area contributed by atoms with Gasteiger partial charge in [0.1, 0.15) is 16.4 Å². The summed E-state index contributed by atoms with van der Waals surface area (Å²) in [5.41, 5.74) is 2.52. The molecule has 1 saturated heterocycles. The van der Waals surface area contributed by atoms with E-state index in [9.17, 15) is 26.9 Å². The van der Waals surface area contributed by atoms with Crippen LogP contribution in [0.3, 0.4) is 0 Å². The van der Waals surface area contributed by atoms with E-state index in [1.54, 1.807) is 44.3 Å². The maximum atomic E-state index is 13.5. The number of halogens is 3. The SMILES string of the molecule is CC(C)(C#N)c1ccc(NCC#Cc2cc3cc(CCC4CCN(CCS(C)(=O)=O)CC4)ccc3n2CC(F)(F)F)cn1. The van der Waals surface area contributed by atoms with E-state index in [1.165, 1.54) is 10.8 Å². The number of benzene rings is 1. The number of aromatic nitrogens is 2. The van der Waals surface area contributed by atoms with Crippen molar-refractivity contribution in [2.75, 3.05) is 43.5 Å². The number of hydrogen-bond acceptors (Lipinski definition) is 6. The zero-order chi connectivity index (χ0) is 31.3. The van der Waals surface area contributed by atoms with Crippen LogP contribution < -0.4 is 5.32 Å². The summed E-state index contributed by atoms with van der Waals surface area (Å²) < 4.78 is 64.5. The molecular weight excluding hydrogens is 575 g/mol. The van der Waals surface area contributed by atoms with E-state index in [4.69, 9.17) is 0 Å². The minimum absolute atomic E-state index is 0.183. The number of nitriles is 1. The fourth-order valence-electron chi connectivity index (χ4n) is 5.30. The van der Waals surface area contributed by atoms with Crippen LogP contribution in [-0.4, -0.2) is 67.2 Å². The quantitative estimate of drug-likeness (QED) is 0.302. The molecule has 0 bridgehead atoms. The highest BCUT2D eigenvalue weighted by molar-refractivity contribution is 7.90. The molecule has 4 rings (SSSR count). The number of fused-ring (bicyclic) bond motifs is 1. The summed E-state index contributed by atoms with van der Waals surface area (Å²) >= 11 is 0. The first kappa shape index (κ1) is 32.4. The van der Waals surface area contributed by atoms with E-state index < -0.39 is 28.0 Å². The number of hydrogen-bond donors (Lipinski definition) is 1. The summed E-state index contributed by atoms with van der Waals surface area (Å²) in [7, 11) is -2.97. The zero-order valence-electron chi connectivity index (χ0n) is 24.8. The third-order valence-corrected chi connectivity index (χ3v) is 8.83. The molecule has 1 fully saturated rings. The van der Waals surface area contributed by atoms with Crippen molar-refractivity contribution >= 4 is 26.4 Å². The number of anilines is 1. The number of nitrogens with zero attached hydrogens (tertiary/aromatic N) is 4. The van der Waals surface area contributed by atoms with Crippen LogP contribution in [0.1, 0.15) is 50.1 Å². The number of likely N-dealkylation sites (tertiary alicyclic amines) is 1. The van der Waals surface area contributed by atoms with Crippen molar-refractivity contribution in [2.24, 2.45) is 5.92 Å². The molecule has 1 aliphatic heterocycles. The molecule has 43 heavy (non-hydrogen) atoms. The number of aryl methyl sites for hydroxylation is 1. The number of pyridine rings is 1. The molecular formula is C32H38F3N5O2S. The van der Waals surface area contributed by atoms with Gasteiger partial charge in [0.2, 0.25) is 0 Å². The first-order valence-corrected chi connectivity index (χ1v) is 16.5. The second-order valence-corrected chi connectivity index (χ2v) is 14.2. The van der Waals surface area contributed by atoms with Crippen molar-refractivity contribution in [3.63, 3.8) is 0 Å². The van der Waals surface area contributed by atoms with Gasteiger partial charge in [-0.05, 0) is 100 Å². The normalized spacial score (nSPS) is 15.2. The summed E-state index contributed by atoms with van der Waals surface area (Å²) in [5, 5.41) is 13.1. The predicted octanol–water partition coefficient (Wildman–Crippen LogP) is 5.55. The maximum Gasteiger partial charge on any atom is 0.406 e. The zero-order valence-corrected chi connectivity index (χ0v) is 25.7. The van der Waals surface area contributed by atoms with Gasteiger partial charge in [-0.15, -0.1) is 0 Å². The number of rotatable bonds is 10. The molecule has 11 heteroatoms. The molecule has 0 saturated carbocycles. The Balaban J connectivity index is 1.39. The second kappa shape index (κ2) is 13.4. The lowest BCUT2D eigenvalue weighted by Gasteiger charge is -2.31. The van der Waals surface area contributed by atoms with Gasteiger partial charge in [-0.25, -0.2) is 8.42 Å². The molecule has 230 valence electrons. The average molecular weight is 614 g/mol. The monoisotopic (exact) mass is 613 g/mol. The van der Waals surface area contributed by atoms with E-state index in [0.29, 0.717) is 35.1 Å². The van der Waals surface area contributed by atoms with E-state index in [0.717, 1.165) is 49.7 Å². The summed E-state index contributed by atoms with van der Waals surface area (Å²) in [4.78, 5) is 6.53. The minimum atomic E-state index is -4.39. The van der Waals surface area contributed by atoms with Crippen LogP contribution in [-0.2, 0) is 28.2 Å². The van der Waals surface area contributed by atoms with Crippen molar-refractivity contribution in [1.29, 1.82) is 5.26 Å². The van der Waals surface area contributed by atoms with E-state index >= 15 is 0 Å². The number of nitrogens with one attached hydrogen (secondary N) is 1. The first-order chi connectivity index (χ1) is 20.2. The molecule has 0 radical (unpaired) electrons. The Morgan fingerprint density at radius 2 is 1.86 bits per heavy atom. The van der Waals surface area contributed by atoms with Gasteiger partial charge in [-0.2, -0.15) is 18.4 Å². The molecule has 0 spiro atoms. The largest absolute Gasteiger partial charge is 0.406 e. The van der Waals surface area contributed by atoms with Crippen molar-refractivity contribution in [2.45, 2.75) is 57.7 Å². The smallest absolute Gasteiger partial charge is 0.373 e. The van der Waals surface area contributed by atoms with Gasteiger partial charge in [-0.3, -0.25) is 4.98 Å². The van der Waals surface area contributed by atoms with Gasteiger partial charge in [0.05, 0.1) is 47.1 Å². The fraction of sp³-hybridized carbons (Fsp3) is 0.500. The average Bonchev–Trinajstić information content (AvgIpc) is 3.28. The Morgan fingerprint density at radius 3 is 2.49 bits per heavy atom. The number of alkyl halides is 3. The Bertz CT molecular complexity index is 1620. The van der Waals surface area contributed by atoms with Gasteiger partial charge >= 0.3 is 6.18 Å². The van der Waals surface area contributed by atoms with Gasteiger partial charge < -0.3 is 14.8 Å². The van der Waals surface area contributed by atoms with Crippen LogP contribution >= 0.6 is 0 Å². The minimum Gasteiger partial charge on any atom is -0.373 e. The molecule has 7 nitrogen and oxygen atoms in total. The molecule has 2 aromatic heterocycles. The van der Waals surface area contributed by atoms with E-state index in [2.05, 4.69) is 33.1 Å². The molecule has 1 aliphatic rings. The molecule has 1 aromatic carbocycles. The highest BCUT2D eigenvalue weighted by atomic mass is 32.2. The Labute approximate surface area is 252 Å². The van der Waals surface area contributed by atoms with Gasteiger partial charge in [-0.1, -0.05) is 12.0 Å². The first-order valence-electron chi connectivity index (χ1n) is 14.4. The van der Waals surface area contributed by atoms with Crippen LogP contribution in [0.15, 0.2) is 42.6 Å². The summed E-state index contributed by atoms with van der Waals surface area (Å²) in [6.45, 7) is 5.02. The maximum absolute atomic E-state index is 13.5. The van der Waals surface area contributed by atoms with Crippen LogP contribution in [0.5, 0.6) is 0 Å². The lowest BCUT2D eigenvalue weighted by molar-refractivity contribution is -0.140.